The van der Waals surface area contributed by atoms with Gasteiger partial charge in [0.1, 0.15) is 5.82 Å². The first-order valence-electron chi connectivity index (χ1n) is 10.5. The molecule has 0 heterocycles. The Labute approximate surface area is 184 Å². The molecule has 31 heavy (non-hydrogen) atoms. The second-order valence-electron chi connectivity index (χ2n) is 8.29. The smallest absolute Gasteiger partial charge is 0.254 e. The number of anilines is 2. The lowest BCUT2D eigenvalue weighted by Gasteiger charge is -2.26. The summed E-state index contributed by atoms with van der Waals surface area (Å²) in [5.74, 6) is -0.0199. The molecule has 1 saturated carbocycles. The standard InChI is InChI=1S/C23H30FN3O3S/c1-4-13-31(29,30)25-21-11-12-22(26(2)3)19(14-21)16-27(15-17-5-6-17)23(28)18-7-9-20(24)10-8-18/h7-12,14,17,25H,4-6,13,15-16H2,1-3H3. The minimum Gasteiger partial charge on any atom is -0.377 e. The Bertz CT molecular complexity index is 1020. The summed E-state index contributed by atoms with van der Waals surface area (Å²) in [6, 6.07) is 11.0. The molecule has 2 aromatic carbocycles. The summed E-state index contributed by atoms with van der Waals surface area (Å²) in [5.41, 5.74) is 2.67. The molecular formula is C23H30FN3O3S. The van der Waals surface area contributed by atoms with Gasteiger partial charge in [-0.15, -0.1) is 0 Å². The first-order valence-corrected chi connectivity index (χ1v) is 12.2. The van der Waals surface area contributed by atoms with Crippen LogP contribution in [0.5, 0.6) is 0 Å². The molecule has 6 nitrogen and oxygen atoms in total. The molecule has 1 fully saturated rings. The maximum atomic E-state index is 13.3. The average Bonchev–Trinajstić information content (AvgIpc) is 3.51. The number of hydrogen-bond donors (Lipinski definition) is 1. The molecule has 2 aromatic rings. The zero-order valence-electron chi connectivity index (χ0n) is 18.3. The number of carbonyl (C=O) groups is 1. The van der Waals surface area contributed by atoms with Gasteiger partial charge in [0.2, 0.25) is 10.0 Å². The minimum atomic E-state index is -3.42. The molecule has 1 aliphatic carbocycles. The highest BCUT2D eigenvalue weighted by atomic mass is 32.2. The number of carbonyl (C=O) groups excluding carboxylic acids is 1. The summed E-state index contributed by atoms with van der Waals surface area (Å²) in [6.07, 6.45) is 2.70. The molecule has 0 unspecified atom stereocenters. The average molecular weight is 448 g/mol. The minimum absolute atomic E-state index is 0.0502. The second-order valence-corrected chi connectivity index (χ2v) is 10.1. The Morgan fingerprint density at radius 3 is 2.39 bits per heavy atom. The third-order valence-corrected chi connectivity index (χ3v) is 6.72. The lowest BCUT2D eigenvalue weighted by atomic mass is 10.1. The number of benzene rings is 2. The van der Waals surface area contributed by atoms with Crippen LogP contribution in [0.25, 0.3) is 0 Å². The van der Waals surface area contributed by atoms with Crippen molar-refractivity contribution in [2.45, 2.75) is 32.7 Å². The number of nitrogens with zero attached hydrogens (tertiary/aromatic N) is 2. The van der Waals surface area contributed by atoms with Gasteiger partial charge in [-0.1, -0.05) is 6.92 Å². The molecule has 0 atom stereocenters. The van der Waals surface area contributed by atoms with Gasteiger partial charge < -0.3 is 9.80 Å². The Hall–Kier alpha value is -2.61. The fraction of sp³-hybridized carbons (Fsp3) is 0.435. The van der Waals surface area contributed by atoms with Crippen molar-refractivity contribution in [3.8, 4) is 0 Å². The van der Waals surface area contributed by atoms with Gasteiger partial charge in [-0.05, 0) is 73.2 Å². The van der Waals surface area contributed by atoms with Crippen molar-refractivity contribution in [1.82, 2.24) is 4.90 Å². The predicted octanol–water partition coefficient (Wildman–Crippen LogP) is 4.10. The van der Waals surface area contributed by atoms with Crippen molar-refractivity contribution in [2.75, 3.05) is 36.0 Å². The first-order chi connectivity index (χ1) is 14.7. The Balaban J connectivity index is 1.90. The number of sulfonamides is 1. The Morgan fingerprint density at radius 1 is 1.13 bits per heavy atom. The van der Waals surface area contributed by atoms with E-state index in [-0.39, 0.29) is 17.5 Å². The molecule has 168 valence electrons. The predicted molar refractivity (Wildman–Crippen MR) is 122 cm³/mol. The summed E-state index contributed by atoms with van der Waals surface area (Å²) in [7, 11) is 0.404. The zero-order chi connectivity index (χ0) is 22.6. The summed E-state index contributed by atoms with van der Waals surface area (Å²) in [5, 5.41) is 0. The molecule has 1 N–H and O–H groups in total. The van der Waals surface area contributed by atoms with E-state index in [1.165, 1.54) is 24.3 Å². The quantitative estimate of drug-likeness (QED) is 0.595. The van der Waals surface area contributed by atoms with E-state index in [1.54, 1.807) is 17.0 Å². The van der Waals surface area contributed by atoms with E-state index in [0.29, 0.717) is 36.7 Å². The molecule has 0 aromatic heterocycles. The van der Waals surface area contributed by atoms with Gasteiger partial charge in [0.15, 0.2) is 0 Å². The van der Waals surface area contributed by atoms with Crippen LogP contribution in [0, 0.1) is 11.7 Å². The van der Waals surface area contributed by atoms with E-state index in [1.807, 2.05) is 32.0 Å². The monoisotopic (exact) mass is 447 g/mol. The van der Waals surface area contributed by atoms with Gasteiger partial charge in [-0.3, -0.25) is 9.52 Å². The van der Waals surface area contributed by atoms with Crippen LogP contribution in [-0.4, -0.2) is 45.6 Å². The van der Waals surface area contributed by atoms with Crippen molar-refractivity contribution >= 4 is 27.3 Å². The van der Waals surface area contributed by atoms with Gasteiger partial charge in [0.25, 0.3) is 5.91 Å². The molecule has 8 heteroatoms. The highest BCUT2D eigenvalue weighted by Crippen LogP contribution is 2.32. The zero-order valence-corrected chi connectivity index (χ0v) is 19.1. The number of halogens is 1. The highest BCUT2D eigenvalue weighted by molar-refractivity contribution is 7.92. The van der Waals surface area contributed by atoms with Gasteiger partial charge in [-0.2, -0.15) is 0 Å². The first kappa shape index (κ1) is 23.1. The Kier molecular flexibility index (Phi) is 7.20. The van der Waals surface area contributed by atoms with E-state index in [9.17, 15) is 17.6 Å². The van der Waals surface area contributed by atoms with E-state index in [4.69, 9.17) is 0 Å². The van der Waals surface area contributed by atoms with Crippen molar-refractivity contribution in [3.63, 3.8) is 0 Å². The third kappa shape index (κ3) is 6.43. The molecule has 1 aliphatic rings. The van der Waals surface area contributed by atoms with Crippen LogP contribution in [0.1, 0.15) is 42.1 Å². The van der Waals surface area contributed by atoms with Crippen molar-refractivity contribution in [1.29, 1.82) is 0 Å². The van der Waals surface area contributed by atoms with Crippen LogP contribution in [0.4, 0.5) is 15.8 Å². The molecular weight excluding hydrogens is 417 g/mol. The normalized spacial score (nSPS) is 13.7. The van der Waals surface area contributed by atoms with E-state index in [0.717, 1.165) is 24.1 Å². The number of rotatable bonds is 10. The lowest BCUT2D eigenvalue weighted by molar-refractivity contribution is 0.0735. The van der Waals surface area contributed by atoms with Gasteiger partial charge in [-0.25, -0.2) is 12.8 Å². The van der Waals surface area contributed by atoms with Crippen LogP contribution in [-0.2, 0) is 16.6 Å². The molecule has 0 saturated heterocycles. The van der Waals surface area contributed by atoms with E-state index < -0.39 is 10.0 Å². The number of hydrogen-bond acceptors (Lipinski definition) is 4. The van der Waals surface area contributed by atoms with Crippen LogP contribution < -0.4 is 9.62 Å². The van der Waals surface area contributed by atoms with Gasteiger partial charge in [0, 0.05) is 44.1 Å². The molecule has 3 rings (SSSR count). The topological polar surface area (TPSA) is 69.7 Å². The largest absolute Gasteiger partial charge is 0.377 e. The lowest BCUT2D eigenvalue weighted by Crippen LogP contribution is -2.33. The van der Waals surface area contributed by atoms with Crippen molar-refractivity contribution in [2.24, 2.45) is 5.92 Å². The molecule has 0 bridgehead atoms. The van der Waals surface area contributed by atoms with Crippen LogP contribution in [0.15, 0.2) is 42.5 Å². The van der Waals surface area contributed by atoms with Crippen molar-refractivity contribution < 1.29 is 17.6 Å². The maximum Gasteiger partial charge on any atom is 0.254 e. The van der Waals surface area contributed by atoms with E-state index >= 15 is 0 Å². The van der Waals surface area contributed by atoms with Crippen molar-refractivity contribution in [3.05, 3.63) is 59.4 Å². The summed E-state index contributed by atoms with van der Waals surface area (Å²) >= 11 is 0. The molecule has 0 aliphatic heterocycles. The SMILES string of the molecule is CCCS(=O)(=O)Nc1ccc(N(C)C)c(CN(CC2CC2)C(=O)c2ccc(F)cc2)c1. The second kappa shape index (κ2) is 9.68. The molecule has 0 spiro atoms. The van der Waals surface area contributed by atoms with Crippen LogP contribution >= 0.6 is 0 Å². The summed E-state index contributed by atoms with van der Waals surface area (Å²) in [4.78, 5) is 16.9. The van der Waals surface area contributed by atoms with Crippen LogP contribution in [0.3, 0.4) is 0 Å². The number of amides is 1. The molecule has 1 amide bonds. The van der Waals surface area contributed by atoms with E-state index in [2.05, 4.69) is 4.72 Å². The summed E-state index contributed by atoms with van der Waals surface area (Å²) in [6.45, 7) is 2.77. The van der Waals surface area contributed by atoms with Gasteiger partial charge >= 0.3 is 0 Å². The highest BCUT2D eigenvalue weighted by Gasteiger charge is 2.28. The number of nitrogens with one attached hydrogen (secondary N) is 1. The van der Waals surface area contributed by atoms with Crippen LogP contribution in [0.2, 0.25) is 0 Å². The molecule has 0 radical (unpaired) electrons. The fourth-order valence-electron chi connectivity index (χ4n) is 3.52. The Morgan fingerprint density at radius 2 is 1.81 bits per heavy atom. The van der Waals surface area contributed by atoms with Gasteiger partial charge in [0.05, 0.1) is 5.75 Å². The third-order valence-electron chi connectivity index (χ3n) is 5.22. The fourth-order valence-corrected chi connectivity index (χ4v) is 4.65. The summed E-state index contributed by atoms with van der Waals surface area (Å²) < 4.78 is 40.4. The maximum absolute atomic E-state index is 13.3.